The van der Waals surface area contributed by atoms with Gasteiger partial charge in [0.15, 0.2) is 0 Å². The minimum absolute atomic E-state index is 0.0448. The smallest absolute Gasteiger partial charge is 0.408 e. The fourth-order valence-corrected chi connectivity index (χ4v) is 1.80. The summed E-state index contributed by atoms with van der Waals surface area (Å²) in [6.07, 6.45) is -0.396. The van der Waals surface area contributed by atoms with Gasteiger partial charge >= 0.3 is 12.1 Å². The van der Waals surface area contributed by atoms with E-state index in [1.54, 1.807) is 45.0 Å². The summed E-state index contributed by atoms with van der Waals surface area (Å²) in [5.41, 5.74) is 0.968. The molecule has 1 rings (SSSR count). The zero-order chi connectivity index (χ0) is 16.8. The van der Waals surface area contributed by atoms with Gasteiger partial charge in [0.05, 0.1) is 13.7 Å². The Bertz CT molecular complexity index is 504. The van der Waals surface area contributed by atoms with Crippen LogP contribution in [0.2, 0.25) is 0 Å². The maximum Gasteiger partial charge on any atom is 0.408 e. The number of aliphatic hydroxyl groups excluding tert-OH is 1. The number of carbonyl (C=O) groups is 2. The molecule has 1 unspecified atom stereocenters. The predicted molar refractivity (Wildman–Crippen MR) is 81.2 cm³/mol. The summed E-state index contributed by atoms with van der Waals surface area (Å²) in [7, 11) is 1.26. The van der Waals surface area contributed by atoms with Crippen LogP contribution in [0.5, 0.6) is 0 Å². The van der Waals surface area contributed by atoms with Crippen LogP contribution in [-0.2, 0) is 27.3 Å². The van der Waals surface area contributed by atoms with Gasteiger partial charge in [-0.2, -0.15) is 0 Å². The average Bonchev–Trinajstić information content (AvgIpc) is 2.44. The molecule has 1 aromatic carbocycles. The summed E-state index contributed by atoms with van der Waals surface area (Å²) in [4.78, 5) is 23.6. The Morgan fingerprint density at radius 1 is 1.18 bits per heavy atom. The van der Waals surface area contributed by atoms with Crippen LogP contribution in [0.3, 0.4) is 0 Å². The second-order valence-electron chi connectivity index (χ2n) is 5.90. The second kappa shape index (κ2) is 7.79. The van der Waals surface area contributed by atoms with Crippen molar-refractivity contribution in [1.82, 2.24) is 5.32 Å². The third-order valence-electron chi connectivity index (χ3n) is 2.82. The van der Waals surface area contributed by atoms with Crippen molar-refractivity contribution in [1.29, 1.82) is 0 Å². The quantitative estimate of drug-likeness (QED) is 0.810. The number of aliphatic hydroxyl groups is 1. The Hall–Kier alpha value is -2.08. The number of esters is 1. The van der Waals surface area contributed by atoms with Crippen LogP contribution < -0.4 is 5.32 Å². The van der Waals surface area contributed by atoms with Crippen LogP contribution in [0.15, 0.2) is 24.3 Å². The highest BCUT2D eigenvalue weighted by molar-refractivity contribution is 5.81. The molecule has 1 amide bonds. The lowest BCUT2D eigenvalue weighted by atomic mass is 10.0. The van der Waals surface area contributed by atoms with Crippen LogP contribution in [0.4, 0.5) is 4.79 Å². The van der Waals surface area contributed by atoms with Crippen molar-refractivity contribution in [3.05, 3.63) is 35.4 Å². The number of alkyl carbamates (subject to hydrolysis) is 1. The highest BCUT2D eigenvalue weighted by atomic mass is 16.6. The SMILES string of the molecule is COC(=O)C(Cc1ccc(CO)cc1)NC(=O)OC(C)(C)C. The van der Waals surface area contributed by atoms with Gasteiger partial charge in [0.2, 0.25) is 0 Å². The van der Waals surface area contributed by atoms with Crippen molar-refractivity contribution in [2.45, 2.75) is 45.4 Å². The molecule has 1 aromatic rings. The Kier molecular flexibility index (Phi) is 6.37. The number of nitrogens with one attached hydrogen (secondary N) is 1. The number of hydrogen-bond acceptors (Lipinski definition) is 5. The van der Waals surface area contributed by atoms with Crippen molar-refractivity contribution < 1.29 is 24.2 Å². The fourth-order valence-electron chi connectivity index (χ4n) is 1.80. The van der Waals surface area contributed by atoms with Gasteiger partial charge in [0, 0.05) is 6.42 Å². The molecule has 1 atom stereocenters. The molecule has 22 heavy (non-hydrogen) atoms. The number of amides is 1. The van der Waals surface area contributed by atoms with Gasteiger partial charge in [-0.1, -0.05) is 24.3 Å². The first-order valence-electron chi connectivity index (χ1n) is 7.01. The molecular weight excluding hydrogens is 286 g/mol. The Balaban J connectivity index is 2.75. The first-order chi connectivity index (χ1) is 10.2. The van der Waals surface area contributed by atoms with E-state index in [0.717, 1.165) is 11.1 Å². The van der Waals surface area contributed by atoms with Gasteiger partial charge in [0.1, 0.15) is 11.6 Å². The molecule has 0 saturated heterocycles. The van der Waals surface area contributed by atoms with E-state index in [1.807, 2.05) is 0 Å². The van der Waals surface area contributed by atoms with Gasteiger partial charge in [-0.05, 0) is 31.9 Å². The molecular formula is C16H23NO5. The molecule has 2 N–H and O–H groups in total. The summed E-state index contributed by atoms with van der Waals surface area (Å²) in [5.74, 6) is -0.544. The van der Waals surface area contributed by atoms with Crippen molar-refractivity contribution in [3.8, 4) is 0 Å². The standard InChI is InChI=1S/C16H23NO5/c1-16(2,3)22-15(20)17-13(14(19)21-4)9-11-5-7-12(10-18)8-6-11/h5-8,13,18H,9-10H2,1-4H3,(H,17,20). The monoisotopic (exact) mass is 309 g/mol. The van der Waals surface area contributed by atoms with Gasteiger partial charge in [-0.15, -0.1) is 0 Å². The molecule has 0 heterocycles. The van der Waals surface area contributed by atoms with Gasteiger partial charge in [-0.3, -0.25) is 0 Å². The largest absolute Gasteiger partial charge is 0.467 e. The molecule has 0 spiro atoms. The summed E-state index contributed by atoms with van der Waals surface area (Å²) >= 11 is 0. The van der Waals surface area contributed by atoms with Crippen molar-refractivity contribution in [2.24, 2.45) is 0 Å². The minimum Gasteiger partial charge on any atom is -0.467 e. The van der Waals surface area contributed by atoms with E-state index in [0.29, 0.717) is 0 Å². The predicted octanol–water partition coefficient (Wildman–Crippen LogP) is 1.79. The number of carbonyl (C=O) groups excluding carboxylic acids is 2. The Labute approximate surface area is 130 Å². The number of hydrogen-bond donors (Lipinski definition) is 2. The van der Waals surface area contributed by atoms with E-state index in [9.17, 15) is 9.59 Å². The molecule has 6 nitrogen and oxygen atoms in total. The van der Waals surface area contributed by atoms with Crippen LogP contribution in [0.25, 0.3) is 0 Å². The third-order valence-corrected chi connectivity index (χ3v) is 2.82. The molecule has 0 aliphatic carbocycles. The van der Waals surface area contributed by atoms with E-state index in [4.69, 9.17) is 14.6 Å². The van der Waals surface area contributed by atoms with Crippen LogP contribution in [0, 0.1) is 0 Å². The van der Waals surface area contributed by atoms with Gasteiger partial charge < -0.3 is 19.9 Å². The zero-order valence-corrected chi connectivity index (χ0v) is 13.4. The highest BCUT2D eigenvalue weighted by Gasteiger charge is 2.25. The number of methoxy groups -OCH3 is 1. The molecule has 0 aromatic heterocycles. The maximum atomic E-state index is 11.8. The van der Waals surface area contributed by atoms with Gasteiger partial charge in [-0.25, -0.2) is 9.59 Å². The molecule has 0 bridgehead atoms. The maximum absolute atomic E-state index is 11.8. The molecule has 0 saturated carbocycles. The molecule has 0 fully saturated rings. The first kappa shape index (κ1) is 18.0. The van der Waals surface area contributed by atoms with Crippen LogP contribution in [0.1, 0.15) is 31.9 Å². The lowest BCUT2D eigenvalue weighted by molar-refractivity contribution is -0.143. The Morgan fingerprint density at radius 2 is 1.73 bits per heavy atom. The second-order valence-corrected chi connectivity index (χ2v) is 5.90. The summed E-state index contributed by atoms with van der Waals surface area (Å²) < 4.78 is 9.86. The third kappa shape index (κ3) is 6.13. The van der Waals surface area contributed by atoms with Crippen molar-refractivity contribution in [3.63, 3.8) is 0 Å². The van der Waals surface area contributed by atoms with E-state index in [-0.39, 0.29) is 13.0 Å². The molecule has 0 aliphatic rings. The number of rotatable bonds is 5. The van der Waals surface area contributed by atoms with E-state index < -0.39 is 23.7 Å². The topological polar surface area (TPSA) is 84.9 Å². The Morgan fingerprint density at radius 3 is 2.18 bits per heavy atom. The minimum atomic E-state index is -0.833. The van der Waals surface area contributed by atoms with E-state index in [2.05, 4.69) is 5.32 Å². The van der Waals surface area contributed by atoms with Crippen LogP contribution >= 0.6 is 0 Å². The zero-order valence-electron chi connectivity index (χ0n) is 13.4. The lowest BCUT2D eigenvalue weighted by Gasteiger charge is -2.22. The van der Waals surface area contributed by atoms with Crippen molar-refractivity contribution in [2.75, 3.05) is 7.11 Å². The van der Waals surface area contributed by atoms with Gasteiger partial charge in [0.25, 0.3) is 0 Å². The fraction of sp³-hybridized carbons (Fsp3) is 0.500. The lowest BCUT2D eigenvalue weighted by Crippen LogP contribution is -2.45. The number of benzene rings is 1. The molecule has 0 aliphatic heterocycles. The summed E-state index contributed by atoms with van der Waals surface area (Å²) in [5, 5.41) is 11.5. The van der Waals surface area contributed by atoms with Crippen LogP contribution in [-0.4, -0.2) is 35.9 Å². The van der Waals surface area contributed by atoms with Crippen molar-refractivity contribution >= 4 is 12.1 Å². The molecule has 0 radical (unpaired) electrons. The number of ether oxygens (including phenoxy) is 2. The van der Waals surface area contributed by atoms with E-state index >= 15 is 0 Å². The summed E-state index contributed by atoms with van der Waals surface area (Å²) in [6, 6.07) is 6.27. The summed E-state index contributed by atoms with van der Waals surface area (Å²) in [6.45, 7) is 5.19. The average molecular weight is 309 g/mol. The first-order valence-corrected chi connectivity index (χ1v) is 7.01. The normalized spacial score (nSPS) is 12.4. The van der Waals surface area contributed by atoms with E-state index in [1.165, 1.54) is 7.11 Å². The highest BCUT2D eigenvalue weighted by Crippen LogP contribution is 2.10. The molecule has 122 valence electrons. The molecule has 6 heteroatoms.